The highest BCUT2D eigenvalue weighted by Crippen LogP contribution is 2.40. The van der Waals surface area contributed by atoms with E-state index in [0.717, 1.165) is 12.8 Å². The lowest BCUT2D eigenvalue weighted by molar-refractivity contribution is -0.142. The van der Waals surface area contributed by atoms with Crippen LogP contribution >= 0.6 is 0 Å². The molecular weight excluding hydrogens is 304 g/mol. The van der Waals surface area contributed by atoms with E-state index in [9.17, 15) is 18.0 Å². The number of nitrogens with zero attached hydrogens (tertiary/aromatic N) is 2. The number of sulfonamides is 1. The van der Waals surface area contributed by atoms with E-state index in [2.05, 4.69) is 0 Å². The smallest absolute Gasteiger partial charge is 0.229 e. The Morgan fingerprint density at radius 1 is 1.00 bits per heavy atom. The minimum atomic E-state index is -3.25. The summed E-state index contributed by atoms with van der Waals surface area (Å²) < 4.78 is 26.9. The van der Waals surface area contributed by atoms with E-state index in [1.165, 1.54) is 4.90 Å². The van der Waals surface area contributed by atoms with Gasteiger partial charge in [0.05, 0.1) is 5.75 Å². The molecule has 3 rings (SSSR count). The van der Waals surface area contributed by atoms with Gasteiger partial charge in [0.25, 0.3) is 0 Å². The molecule has 3 heterocycles. The molecule has 3 fully saturated rings. The molecule has 0 aromatic rings. The lowest BCUT2D eigenvalue weighted by Gasteiger charge is -2.40. The van der Waals surface area contributed by atoms with E-state index in [-0.39, 0.29) is 41.6 Å². The zero-order chi connectivity index (χ0) is 16.1. The van der Waals surface area contributed by atoms with Gasteiger partial charge < -0.3 is 0 Å². The maximum atomic E-state index is 12.6. The molecule has 7 heteroatoms. The highest BCUT2D eigenvalue weighted by Gasteiger charge is 2.50. The summed E-state index contributed by atoms with van der Waals surface area (Å²) in [5, 5.41) is 0. The third kappa shape index (κ3) is 2.69. The number of hydrogen-bond acceptors (Lipinski definition) is 4. The Bertz CT molecular complexity index is 556. The van der Waals surface area contributed by atoms with E-state index in [1.807, 2.05) is 13.8 Å². The van der Waals surface area contributed by atoms with Crippen LogP contribution in [0, 0.1) is 5.92 Å². The van der Waals surface area contributed by atoms with E-state index in [4.69, 9.17) is 0 Å². The van der Waals surface area contributed by atoms with Crippen LogP contribution in [0.5, 0.6) is 0 Å². The molecule has 0 radical (unpaired) electrons. The number of amides is 2. The first-order valence-electron chi connectivity index (χ1n) is 8.15. The first kappa shape index (κ1) is 15.9. The van der Waals surface area contributed by atoms with Crippen molar-refractivity contribution >= 4 is 21.8 Å². The van der Waals surface area contributed by atoms with Crippen LogP contribution in [0.2, 0.25) is 0 Å². The second-order valence-electron chi connectivity index (χ2n) is 7.17. The fourth-order valence-electron chi connectivity index (χ4n) is 4.28. The van der Waals surface area contributed by atoms with Crippen molar-refractivity contribution in [2.75, 3.05) is 5.75 Å². The molecule has 2 bridgehead atoms. The standard InChI is InChI=1S/C15H24N2O4S/c1-10(2)9-22(20,21)17-11-3-4-12(17)8-13(7-11)16-14(18)5-6-15(16)19/h10-13H,3-9H2,1-2H3. The minimum absolute atomic E-state index is 0.0475. The summed E-state index contributed by atoms with van der Waals surface area (Å²) in [4.78, 5) is 25.2. The molecule has 2 amide bonds. The van der Waals surface area contributed by atoms with Gasteiger partial charge in [-0.25, -0.2) is 8.42 Å². The Balaban J connectivity index is 1.77. The molecule has 2 unspecified atom stereocenters. The largest absolute Gasteiger partial charge is 0.279 e. The van der Waals surface area contributed by atoms with Crippen molar-refractivity contribution < 1.29 is 18.0 Å². The van der Waals surface area contributed by atoms with E-state index in [1.54, 1.807) is 4.31 Å². The third-order valence-electron chi connectivity index (χ3n) is 4.96. The van der Waals surface area contributed by atoms with Crippen LogP contribution in [0.25, 0.3) is 0 Å². The van der Waals surface area contributed by atoms with Gasteiger partial charge in [-0.2, -0.15) is 4.31 Å². The summed E-state index contributed by atoms with van der Waals surface area (Å²) in [5.41, 5.74) is 0. The highest BCUT2D eigenvalue weighted by atomic mass is 32.2. The average Bonchev–Trinajstić information content (AvgIpc) is 2.87. The zero-order valence-electron chi connectivity index (χ0n) is 13.2. The Hall–Kier alpha value is -0.950. The van der Waals surface area contributed by atoms with Gasteiger partial charge in [-0.3, -0.25) is 14.5 Å². The lowest BCUT2D eigenvalue weighted by Crippen LogP contribution is -2.54. The van der Waals surface area contributed by atoms with Crippen molar-refractivity contribution in [1.82, 2.24) is 9.21 Å². The quantitative estimate of drug-likeness (QED) is 0.725. The molecule has 3 saturated heterocycles. The van der Waals surface area contributed by atoms with E-state index >= 15 is 0 Å². The monoisotopic (exact) mass is 328 g/mol. The predicted molar refractivity (Wildman–Crippen MR) is 81.4 cm³/mol. The summed E-state index contributed by atoms with van der Waals surface area (Å²) in [6.07, 6.45) is 3.50. The van der Waals surface area contributed by atoms with Crippen LogP contribution in [0.3, 0.4) is 0 Å². The van der Waals surface area contributed by atoms with Crippen molar-refractivity contribution in [3.05, 3.63) is 0 Å². The van der Waals surface area contributed by atoms with Gasteiger partial charge in [0.1, 0.15) is 0 Å². The first-order valence-corrected chi connectivity index (χ1v) is 9.76. The van der Waals surface area contributed by atoms with Crippen molar-refractivity contribution in [2.45, 2.75) is 70.5 Å². The molecule has 0 spiro atoms. The highest BCUT2D eigenvalue weighted by molar-refractivity contribution is 7.89. The third-order valence-corrected chi connectivity index (χ3v) is 7.29. The number of fused-ring (bicyclic) bond motifs is 2. The van der Waals surface area contributed by atoms with Crippen LogP contribution in [0.4, 0.5) is 0 Å². The molecular formula is C15H24N2O4S. The lowest BCUT2D eigenvalue weighted by atomic mass is 9.98. The van der Waals surface area contributed by atoms with Gasteiger partial charge in [0.2, 0.25) is 21.8 Å². The Morgan fingerprint density at radius 3 is 1.95 bits per heavy atom. The van der Waals surface area contributed by atoms with Crippen molar-refractivity contribution in [3.63, 3.8) is 0 Å². The number of rotatable bonds is 4. The molecule has 3 aliphatic rings. The molecule has 0 N–H and O–H groups in total. The number of carbonyl (C=O) groups is 2. The Morgan fingerprint density at radius 2 is 1.50 bits per heavy atom. The van der Waals surface area contributed by atoms with Gasteiger partial charge in [-0.15, -0.1) is 0 Å². The first-order chi connectivity index (χ1) is 10.3. The van der Waals surface area contributed by atoms with Gasteiger partial charge in [0.15, 0.2) is 0 Å². The van der Waals surface area contributed by atoms with Crippen LogP contribution in [-0.2, 0) is 19.6 Å². The fraction of sp³-hybridized carbons (Fsp3) is 0.867. The number of imide groups is 1. The second-order valence-corrected chi connectivity index (χ2v) is 9.09. The average molecular weight is 328 g/mol. The van der Waals surface area contributed by atoms with Crippen LogP contribution < -0.4 is 0 Å². The van der Waals surface area contributed by atoms with Gasteiger partial charge >= 0.3 is 0 Å². The molecule has 124 valence electrons. The van der Waals surface area contributed by atoms with Gasteiger partial charge in [-0.1, -0.05) is 13.8 Å². The van der Waals surface area contributed by atoms with Crippen LogP contribution in [0.1, 0.15) is 52.4 Å². The normalized spacial score (nSPS) is 33.2. The molecule has 0 aromatic carbocycles. The minimum Gasteiger partial charge on any atom is -0.279 e. The zero-order valence-corrected chi connectivity index (χ0v) is 14.0. The molecule has 0 aliphatic carbocycles. The molecule has 3 aliphatic heterocycles. The Labute approximate surface area is 131 Å². The molecule has 6 nitrogen and oxygen atoms in total. The summed E-state index contributed by atoms with van der Waals surface area (Å²) in [5.74, 6) is 0.0938. The van der Waals surface area contributed by atoms with Crippen molar-refractivity contribution in [3.8, 4) is 0 Å². The SMILES string of the molecule is CC(C)CS(=O)(=O)N1C2CCC1CC(N1C(=O)CCC1=O)C2. The van der Waals surface area contributed by atoms with E-state index in [0.29, 0.717) is 25.7 Å². The topological polar surface area (TPSA) is 74.8 Å². The van der Waals surface area contributed by atoms with Gasteiger partial charge in [0, 0.05) is 31.0 Å². The van der Waals surface area contributed by atoms with Gasteiger partial charge in [-0.05, 0) is 31.6 Å². The Kier molecular flexibility index (Phi) is 4.05. The van der Waals surface area contributed by atoms with Crippen LogP contribution in [0.15, 0.2) is 0 Å². The predicted octanol–water partition coefficient (Wildman–Crippen LogP) is 1.12. The molecule has 0 aromatic heterocycles. The summed E-state index contributed by atoms with van der Waals surface area (Å²) in [7, 11) is -3.25. The number of piperidine rings is 1. The number of likely N-dealkylation sites (tertiary alicyclic amines) is 1. The maximum absolute atomic E-state index is 12.6. The van der Waals surface area contributed by atoms with Crippen molar-refractivity contribution in [2.24, 2.45) is 5.92 Å². The van der Waals surface area contributed by atoms with E-state index < -0.39 is 10.0 Å². The molecule has 0 saturated carbocycles. The molecule has 2 atom stereocenters. The number of carbonyl (C=O) groups excluding carboxylic acids is 2. The summed E-state index contributed by atoms with van der Waals surface area (Å²) in [6, 6.07) is -0.201. The summed E-state index contributed by atoms with van der Waals surface area (Å²) >= 11 is 0. The van der Waals surface area contributed by atoms with Crippen LogP contribution in [-0.4, -0.2) is 53.3 Å². The summed E-state index contributed by atoms with van der Waals surface area (Å²) in [6.45, 7) is 3.82. The van der Waals surface area contributed by atoms with Crippen molar-refractivity contribution in [1.29, 1.82) is 0 Å². The molecule has 22 heavy (non-hydrogen) atoms. The second kappa shape index (κ2) is 5.60. The maximum Gasteiger partial charge on any atom is 0.229 e. The number of hydrogen-bond donors (Lipinski definition) is 0. The fourth-order valence-corrected chi connectivity index (χ4v) is 6.58.